The number of hydrogen-bond donors (Lipinski definition) is 1. The van der Waals surface area contributed by atoms with Crippen molar-refractivity contribution in [2.45, 2.75) is 42.6 Å². The molecule has 0 radical (unpaired) electrons. The van der Waals surface area contributed by atoms with Gasteiger partial charge in [-0.05, 0) is 85.8 Å². The van der Waals surface area contributed by atoms with E-state index in [1.165, 1.54) is 35.8 Å². The maximum atomic E-state index is 14.0. The average Bonchev–Trinajstić information content (AvgIpc) is 2.97. The first-order valence-electron chi connectivity index (χ1n) is 12.9. The van der Waals surface area contributed by atoms with Crippen molar-refractivity contribution in [3.8, 4) is 5.75 Å². The van der Waals surface area contributed by atoms with Gasteiger partial charge in [0.15, 0.2) is 0 Å². The maximum absolute atomic E-state index is 14.0. The Morgan fingerprint density at radius 2 is 1.66 bits per heavy atom. The van der Waals surface area contributed by atoms with Crippen LogP contribution in [0, 0.1) is 0 Å². The molecule has 0 saturated carbocycles. The van der Waals surface area contributed by atoms with Gasteiger partial charge < -0.3 is 15.0 Å². The highest BCUT2D eigenvalue weighted by Gasteiger charge is 2.33. The van der Waals surface area contributed by atoms with Gasteiger partial charge >= 0.3 is 0 Å². The number of ether oxygens (including phenoxy) is 1. The van der Waals surface area contributed by atoms with Gasteiger partial charge in [0, 0.05) is 28.5 Å². The van der Waals surface area contributed by atoms with Crippen molar-refractivity contribution < 1.29 is 22.7 Å². The summed E-state index contributed by atoms with van der Waals surface area (Å²) in [7, 11) is -2.70. The number of amides is 2. The quantitative estimate of drug-likeness (QED) is 0.236. The van der Waals surface area contributed by atoms with E-state index in [1.807, 2.05) is 13.2 Å². The number of rotatable bonds is 13. The fourth-order valence-corrected chi connectivity index (χ4v) is 6.49. The predicted molar refractivity (Wildman–Crippen MR) is 166 cm³/mol. The molecular weight excluding hydrogens is 605 g/mol. The van der Waals surface area contributed by atoms with Crippen LogP contribution in [0.4, 0.5) is 5.69 Å². The van der Waals surface area contributed by atoms with Crippen molar-refractivity contribution in [2.75, 3.05) is 30.8 Å². The molecule has 0 aliphatic heterocycles. The van der Waals surface area contributed by atoms with Gasteiger partial charge in [-0.2, -0.15) is 0 Å². The Kier molecular flexibility index (Phi) is 11.8. The molecule has 41 heavy (non-hydrogen) atoms. The largest absolute Gasteiger partial charge is 0.494 e. The molecule has 3 aromatic carbocycles. The number of sulfonamides is 1. The molecule has 0 aromatic heterocycles. The van der Waals surface area contributed by atoms with E-state index in [-0.39, 0.29) is 23.0 Å². The molecule has 2 amide bonds. The third-order valence-corrected chi connectivity index (χ3v) is 9.47. The minimum absolute atomic E-state index is 0.0274. The third-order valence-electron chi connectivity index (χ3n) is 6.35. The lowest BCUT2D eigenvalue weighted by molar-refractivity contribution is -0.140. The Balaban J connectivity index is 2.08. The number of carbonyl (C=O) groups excluding carboxylic acids is 2. The molecular formula is C29H33Cl2N3O5S2. The summed E-state index contributed by atoms with van der Waals surface area (Å²) in [6.07, 6.45) is 2.19. The van der Waals surface area contributed by atoms with Crippen LogP contribution >= 0.6 is 35.0 Å². The van der Waals surface area contributed by atoms with Crippen LogP contribution < -0.4 is 14.4 Å². The summed E-state index contributed by atoms with van der Waals surface area (Å²) in [5.41, 5.74) is 0.836. The van der Waals surface area contributed by atoms with Crippen LogP contribution in [-0.2, 0) is 26.2 Å². The molecule has 1 N–H and O–H groups in total. The number of thioether (sulfide) groups is 1. The van der Waals surface area contributed by atoms with Crippen LogP contribution in [0.3, 0.4) is 0 Å². The van der Waals surface area contributed by atoms with Crippen molar-refractivity contribution in [2.24, 2.45) is 0 Å². The van der Waals surface area contributed by atoms with Gasteiger partial charge in [-0.15, -0.1) is 11.8 Å². The molecule has 0 saturated heterocycles. The van der Waals surface area contributed by atoms with Crippen LogP contribution in [0.25, 0.3) is 0 Å². The molecule has 1 atom stereocenters. The van der Waals surface area contributed by atoms with Crippen LogP contribution in [0.5, 0.6) is 5.75 Å². The second-order valence-corrected chi connectivity index (χ2v) is 12.5. The molecule has 3 rings (SSSR count). The van der Waals surface area contributed by atoms with Crippen LogP contribution in [-0.4, -0.2) is 57.6 Å². The van der Waals surface area contributed by atoms with Crippen molar-refractivity contribution in [3.63, 3.8) is 0 Å². The van der Waals surface area contributed by atoms with E-state index in [1.54, 1.807) is 61.5 Å². The fourth-order valence-electron chi connectivity index (χ4n) is 4.20. The zero-order valence-corrected chi connectivity index (χ0v) is 26.4. The zero-order valence-electron chi connectivity index (χ0n) is 23.3. The zero-order chi connectivity index (χ0) is 30.2. The standard InChI is InChI=1S/C29H33Cl2N3O5S2/c1-5-27(29(36)32-3)33(18-20-7-8-21(30)17-26(20)31)28(35)19-34(22-9-11-23(12-10-22)39-6-2)41(37,38)25-15-13-24(40-4)14-16-25/h7-17,27H,5-6,18-19H2,1-4H3,(H,32,36)/t27-/m1/s1. The molecule has 0 aliphatic rings. The Bertz CT molecular complexity index is 1450. The van der Waals surface area contributed by atoms with Crippen molar-refractivity contribution >= 4 is 62.5 Å². The lowest BCUT2D eigenvalue weighted by Gasteiger charge is -2.33. The van der Waals surface area contributed by atoms with Crippen LogP contribution in [0.2, 0.25) is 10.0 Å². The van der Waals surface area contributed by atoms with Crippen molar-refractivity contribution in [3.05, 3.63) is 82.3 Å². The van der Waals surface area contributed by atoms with Gasteiger partial charge in [0.05, 0.1) is 17.2 Å². The Morgan fingerprint density at radius 3 is 2.20 bits per heavy atom. The highest BCUT2D eigenvalue weighted by Crippen LogP contribution is 2.29. The summed E-state index contributed by atoms with van der Waals surface area (Å²) in [6, 6.07) is 16.9. The van der Waals surface area contributed by atoms with E-state index in [9.17, 15) is 18.0 Å². The minimum atomic E-state index is -4.19. The topological polar surface area (TPSA) is 96.0 Å². The lowest BCUT2D eigenvalue weighted by Crippen LogP contribution is -2.51. The van der Waals surface area contributed by atoms with Gasteiger partial charge in [-0.1, -0.05) is 36.2 Å². The first-order chi connectivity index (χ1) is 19.5. The molecule has 3 aromatic rings. The first kappa shape index (κ1) is 32.6. The average molecular weight is 639 g/mol. The Morgan fingerprint density at radius 1 is 1.00 bits per heavy atom. The molecule has 0 heterocycles. The SMILES string of the molecule is CCOc1ccc(N(CC(=O)N(Cc2ccc(Cl)cc2Cl)[C@H](CC)C(=O)NC)S(=O)(=O)c2ccc(SC)cc2)cc1. The molecule has 12 heteroatoms. The van der Waals surface area contributed by atoms with E-state index >= 15 is 0 Å². The number of anilines is 1. The monoisotopic (exact) mass is 637 g/mol. The van der Waals surface area contributed by atoms with Crippen molar-refractivity contribution in [1.29, 1.82) is 0 Å². The second-order valence-electron chi connectivity index (χ2n) is 8.91. The molecule has 8 nitrogen and oxygen atoms in total. The molecule has 0 spiro atoms. The normalized spacial score (nSPS) is 12.0. The van der Waals surface area contributed by atoms with Gasteiger partial charge in [0.2, 0.25) is 11.8 Å². The second kappa shape index (κ2) is 14.8. The van der Waals surface area contributed by atoms with Gasteiger partial charge in [0.1, 0.15) is 18.3 Å². The number of carbonyl (C=O) groups is 2. The summed E-state index contributed by atoms with van der Waals surface area (Å²) in [5, 5.41) is 3.35. The van der Waals surface area contributed by atoms with Gasteiger partial charge in [0.25, 0.3) is 10.0 Å². The maximum Gasteiger partial charge on any atom is 0.264 e. The molecule has 0 bridgehead atoms. The smallest absolute Gasteiger partial charge is 0.264 e. The van der Waals surface area contributed by atoms with Crippen molar-refractivity contribution in [1.82, 2.24) is 10.2 Å². The van der Waals surface area contributed by atoms with E-state index in [0.29, 0.717) is 34.4 Å². The fraction of sp³-hybridized carbons (Fsp3) is 0.310. The summed E-state index contributed by atoms with van der Waals surface area (Å²) >= 11 is 14.0. The number of nitrogens with zero attached hydrogens (tertiary/aromatic N) is 2. The minimum Gasteiger partial charge on any atom is -0.494 e. The van der Waals surface area contributed by atoms with Gasteiger partial charge in [-0.3, -0.25) is 13.9 Å². The van der Waals surface area contributed by atoms with Crippen LogP contribution in [0.15, 0.2) is 76.5 Å². The summed E-state index contributed by atoms with van der Waals surface area (Å²) in [5.74, 6) is -0.396. The predicted octanol–water partition coefficient (Wildman–Crippen LogP) is 5.86. The van der Waals surface area contributed by atoms with E-state index in [0.717, 1.165) is 9.20 Å². The summed E-state index contributed by atoms with van der Waals surface area (Å²) < 4.78 is 34.5. The van der Waals surface area contributed by atoms with E-state index in [2.05, 4.69) is 5.32 Å². The number of hydrogen-bond acceptors (Lipinski definition) is 6. The summed E-state index contributed by atoms with van der Waals surface area (Å²) in [6.45, 7) is 3.49. The molecule has 220 valence electrons. The highest BCUT2D eigenvalue weighted by atomic mass is 35.5. The molecule has 0 fully saturated rings. The Hall–Kier alpha value is -2.92. The number of nitrogens with one attached hydrogen (secondary N) is 1. The number of benzene rings is 3. The van der Waals surface area contributed by atoms with Crippen LogP contribution in [0.1, 0.15) is 25.8 Å². The van der Waals surface area contributed by atoms with E-state index < -0.39 is 28.5 Å². The lowest BCUT2D eigenvalue weighted by atomic mass is 10.1. The first-order valence-corrected chi connectivity index (χ1v) is 16.3. The number of halogens is 2. The third kappa shape index (κ3) is 8.09. The van der Waals surface area contributed by atoms with E-state index in [4.69, 9.17) is 27.9 Å². The molecule has 0 unspecified atom stereocenters. The van der Waals surface area contributed by atoms with Gasteiger partial charge in [-0.25, -0.2) is 8.42 Å². The molecule has 0 aliphatic carbocycles. The number of likely N-dealkylation sites (N-methyl/N-ethyl adjacent to an activating group) is 1. The Labute approximate surface area is 256 Å². The summed E-state index contributed by atoms with van der Waals surface area (Å²) in [4.78, 5) is 29.1. The highest BCUT2D eigenvalue weighted by molar-refractivity contribution is 7.98.